The van der Waals surface area contributed by atoms with Gasteiger partial charge in [0, 0.05) is 37.3 Å². The number of nitro groups is 1. The summed E-state index contributed by atoms with van der Waals surface area (Å²) in [5.74, 6) is -0.166. The summed E-state index contributed by atoms with van der Waals surface area (Å²) in [5.41, 5.74) is 0.791. The van der Waals surface area contributed by atoms with Crippen LogP contribution in [0.5, 0.6) is 0 Å². The van der Waals surface area contributed by atoms with Crippen LogP contribution in [0.15, 0.2) is 30.3 Å². The van der Waals surface area contributed by atoms with Gasteiger partial charge in [0.05, 0.1) is 4.92 Å². The first-order valence-electron chi connectivity index (χ1n) is 6.59. The Bertz CT molecular complexity index is 507. The predicted octanol–water partition coefficient (Wildman–Crippen LogP) is 1.48. The molecule has 1 aromatic carbocycles. The maximum absolute atomic E-state index is 11.5. The Morgan fingerprint density at radius 2 is 2.00 bits per heavy atom. The lowest BCUT2D eigenvalue weighted by Crippen LogP contribution is -2.31. The van der Waals surface area contributed by atoms with Gasteiger partial charge in [-0.2, -0.15) is 0 Å². The van der Waals surface area contributed by atoms with E-state index >= 15 is 0 Å². The summed E-state index contributed by atoms with van der Waals surface area (Å²) >= 11 is 0. The van der Waals surface area contributed by atoms with Crippen LogP contribution in [0.2, 0.25) is 0 Å². The van der Waals surface area contributed by atoms with Gasteiger partial charge in [-0.3, -0.25) is 14.9 Å². The number of carbonyl (C=O) groups is 1. The highest BCUT2D eigenvalue weighted by Gasteiger charge is 2.19. The van der Waals surface area contributed by atoms with E-state index in [1.165, 1.54) is 31.1 Å². The molecule has 1 aliphatic carbocycles. The fourth-order valence-electron chi connectivity index (χ4n) is 1.69. The second-order valence-electron chi connectivity index (χ2n) is 4.70. The summed E-state index contributed by atoms with van der Waals surface area (Å²) in [6, 6.07) is 6.68. The molecule has 2 N–H and O–H groups in total. The molecule has 1 fully saturated rings. The average molecular weight is 275 g/mol. The second-order valence-corrected chi connectivity index (χ2v) is 4.70. The molecular formula is C14H17N3O3. The molecule has 1 aliphatic rings. The lowest BCUT2D eigenvalue weighted by molar-refractivity contribution is -0.384. The van der Waals surface area contributed by atoms with E-state index in [9.17, 15) is 14.9 Å². The highest BCUT2D eigenvalue weighted by molar-refractivity contribution is 5.91. The summed E-state index contributed by atoms with van der Waals surface area (Å²) in [5, 5.41) is 16.6. The summed E-state index contributed by atoms with van der Waals surface area (Å²) in [6.07, 6.45) is 5.52. The molecule has 1 saturated carbocycles. The second kappa shape index (κ2) is 6.81. The zero-order valence-corrected chi connectivity index (χ0v) is 11.0. The number of benzene rings is 1. The van der Waals surface area contributed by atoms with Crippen LogP contribution in [-0.4, -0.2) is 30.0 Å². The molecule has 1 aromatic rings. The minimum atomic E-state index is -0.451. The molecule has 0 heterocycles. The maximum atomic E-state index is 11.5. The molecule has 106 valence electrons. The van der Waals surface area contributed by atoms with Gasteiger partial charge in [0.25, 0.3) is 5.69 Å². The SMILES string of the molecule is O=C(C=Cc1ccc([N+](=O)[O-])cc1)NCCNC1CC1. The molecule has 1 amide bonds. The fourth-order valence-corrected chi connectivity index (χ4v) is 1.69. The topological polar surface area (TPSA) is 84.3 Å². The van der Waals surface area contributed by atoms with Crippen LogP contribution >= 0.6 is 0 Å². The summed E-state index contributed by atoms with van der Waals surface area (Å²) < 4.78 is 0. The zero-order valence-electron chi connectivity index (χ0n) is 11.0. The Morgan fingerprint density at radius 3 is 2.60 bits per heavy atom. The predicted molar refractivity (Wildman–Crippen MR) is 76.2 cm³/mol. The van der Waals surface area contributed by atoms with E-state index < -0.39 is 4.92 Å². The molecule has 0 aliphatic heterocycles. The van der Waals surface area contributed by atoms with Crippen LogP contribution in [0.1, 0.15) is 18.4 Å². The quantitative estimate of drug-likeness (QED) is 0.341. The first-order valence-corrected chi connectivity index (χ1v) is 6.59. The van der Waals surface area contributed by atoms with E-state index in [0.29, 0.717) is 12.6 Å². The van der Waals surface area contributed by atoms with E-state index in [2.05, 4.69) is 10.6 Å². The van der Waals surface area contributed by atoms with E-state index in [4.69, 9.17) is 0 Å². The molecule has 2 rings (SSSR count). The lowest BCUT2D eigenvalue weighted by Gasteiger charge is -2.03. The summed E-state index contributed by atoms with van der Waals surface area (Å²) in [6.45, 7) is 1.38. The molecule has 0 atom stereocenters. The lowest BCUT2D eigenvalue weighted by atomic mass is 10.2. The van der Waals surface area contributed by atoms with Crippen LogP contribution in [-0.2, 0) is 4.79 Å². The number of non-ortho nitro benzene ring substituents is 1. The highest BCUT2D eigenvalue weighted by atomic mass is 16.6. The van der Waals surface area contributed by atoms with Crippen LogP contribution in [0, 0.1) is 10.1 Å². The van der Waals surface area contributed by atoms with Gasteiger partial charge in [0.1, 0.15) is 0 Å². The molecule has 0 spiro atoms. The third-order valence-corrected chi connectivity index (χ3v) is 2.97. The number of nitro benzene ring substituents is 1. The van der Waals surface area contributed by atoms with Crippen molar-refractivity contribution >= 4 is 17.7 Å². The van der Waals surface area contributed by atoms with E-state index in [0.717, 1.165) is 12.1 Å². The van der Waals surface area contributed by atoms with Crippen molar-refractivity contribution in [2.45, 2.75) is 18.9 Å². The number of carbonyl (C=O) groups excluding carboxylic acids is 1. The van der Waals surface area contributed by atoms with Crippen molar-refractivity contribution in [2.75, 3.05) is 13.1 Å². The van der Waals surface area contributed by atoms with Crippen LogP contribution in [0.3, 0.4) is 0 Å². The first kappa shape index (κ1) is 14.2. The average Bonchev–Trinajstić information content (AvgIpc) is 3.26. The minimum absolute atomic E-state index is 0.0396. The highest BCUT2D eigenvalue weighted by Crippen LogP contribution is 2.17. The molecule has 6 heteroatoms. The summed E-state index contributed by atoms with van der Waals surface area (Å²) in [4.78, 5) is 21.6. The van der Waals surface area contributed by atoms with Crippen LogP contribution in [0.25, 0.3) is 6.08 Å². The van der Waals surface area contributed by atoms with E-state index in [1.54, 1.807) is 18.2 Å². The Kier molecular flexibility index (Phi) is 4.84. The Labute approximate surface area is 117 Å². The van der Waals surface area contributed by atoms with Crippen molar-refractivity contribution in [1.29, 1.82) is 0 Å². The number of hydrogen-bond acceptors (Lipinski definition) is 4. The minimum Gasteiger partial charge on any atom is -0.351 e. The van der Waals surface area contributed by atoms with E-state index in [-0.39, 0.29) is 11.6 Å². The Morgan fingerprint density at radius 1 is 1.30 bits per heavy atom. The molecule has 0 saturated heterocycles. The van der Waals surface area contributed by atoms with Gasteiger partial charge in [0.15, 0.2) is 0 Å². The Balaban J connectivity index is 1.72. The van der Waals surface area contributed by atoms with Crippen molar-refractivity contribution in [3.05, 3.63) is 46.0 Å². The number of nitrogens with one attached hydrogen (secondary N) is 2. The number of hydrogen-bond donors (Lipinski definition) is 2. The largest absolute Gasteiger partial charge is 0.351 e. The van der Waals surface area contributed by atoms with Gasteiger partial charge in [-0.15, -0.1) is 0 Å². The van der Waals surface area contributed by atoms with Gasteiger partial charge in [-0.25, -0.2) is 0 Å². The van der Waals surface area contributed by atoms with Gasteiger partial charge < -0.3 is 10.6 Å². The van der Waals surface area contributed by atoms with Gasteiger partial charge >= 0.3 is 0 Å². The third-order valence-electron chi connectivity index (χ3n) is 2.97. The smallest absolute Gasteiger partial charge is 0.269 e. The molecule has 0 aromatic heterocycles. The van der Waals surface area contributed by atoms with Crippen LogP contribution < -0.4 is 10.6 Å². The zero-order chi connectivity index (χ0) is 14.4. The van der Waals surface area contributed by atoms with E-state index in [1.807, 2.05) is 0 Å². The maximum Gasteiger partial charge on any atom is 0.269 e. The van der Waals surface area contributed by atoms with Gasteiger partial charge in [-0.05, 0) is 36.6 Å². The van der Waals surface area contributed by atoms with Crippen molar-refractivity contribution in [3.8, 4) is 0 Å². The van der Waals surface area contributed by atoms with Crippen molar-refractivity contribution in [1.82, 2.24) is 10.6 Å². The monoisotopic (exact) mass is 275 g/mol. The van der Waals surface area contributed by atoms with Crippen LogP contribution in [0.4, 0.5) is 5.69 Å². The first-order chi connectivity index (χ1) is 9.65. The molecule has 6 nitrogen and oxygen atoms in total. The van der Waals surface area contributed by atoms with Crippen molar-refractivity contribution < 1.29 is 9.72 Å². The molecule has 0 bridgehead atoms. The number of rotatable bonds is 7. The summed E-state index contributed by atoms with van der Waals surface area (Å²) in [7, 11) is 0. The molecule has 0 radical (unpaired) electrons. The Hall–Kier alpha value is -2.21. The fraction of sp³-hybridized carbons (Fsp3) is 0.357. The number of amides is 1. The molecular weight excluding hydrogens is 258 g/mol. The third kappa shape index (κ3) is 4.81. The standard InChI is InChI=1S/C14H17N3O3/c18-14(16-10-9-15-12-4-5-12)8-3-11-1-6-13(7-2-11)17(19)20/h1-3,6-8,12,15H,4-5,9-10H2,(H,16,18). The molecule has 0 unspecified atom stereocenters. The normalized spacial score (nSPS) is 14.4. The van der Waals surface area contributed by atoms with Crippen molar-refractivity contribution in [3.63, 3.8) is 0 Å². The molecule has 20 heavy (non-hydrogen) atoms. The van der Waals surface area contributed by atoms with Gasteiger partial charge in [0.2, 0.25) is 5.91 Å². The number of nitrogens with zero attached hydrogens (tertiary/aromatic N) is 1. The van der Waals surface area contributed by atoms with Gasteiger partial charge in [-0.1, -0.05) is 0 Å². The van der Waals surface area contributed by atoms with Crippen molar-refractivity contribution in [2.24, 2.45) is 0 Å².